The van der Waals surface area contributed by atoms with Gasteiger partial charge in [0.15, 0.2) is 0 Å². The SMILES string of the molecule is CC(C)C(=O)NCC(=O)N1CCC2(CC1)OCCc1cc(-c3ccccc3)sc12. The lowest BCUT2D eigenvalue weighted by Gasteiger charge is -2.43. The minimum absolute atomic E-state index is 0.0129. The average Bonchev–Trinajstić information content (AvgIpc) is 3.19. The van der Waals surface area contributed by atoms with Crippen LogP contribution >= 0.6 is 11.3 Å². The minimum atomic E-state index is -0.275. The van der Waals surface area contributed by atoms with Crippen LogP contribution in [0, 0.1) is 5.92 Å². The van der Waals surface area contributed by atoms with E-state index >= 15 is 0 Å². The Kier molecular flexibility index (Phi) is 5.74. The zero-order chi connectivity index (χ0) is 20.4. The summed E-state index contributed by atoms with van der Waals surface area (Å²) in [4.78, 5) is 28.7. The standard InChI is InChI=1S/C23H28N2O3S/c1-16(2)22(27)24-15-20(26)25-11-9-23(10-12-25)21-18(8-13-28-23)14-19(29-21)17-6-4-3-5-7-17/h3-7,14,16H,8-13,15H2,1-2H3,(H,24,27). The third kappa shape index (κ3) is 4.09. The lowest BCUT2D eigenvalue weighted by Crippen LogP contribution is -2.50. The van der Waals surface area contributed by atoms with Crippen molar-refractivity contribution in [3.8, 4) is 10.4 Å². The first-order chi connectivity index (χ1) is 14.0. The summed E-state index contributed by atoms with van der Waals surface area (Å²) in [5.41, 5.74) is 2.36. The molecular formula is C23H28N2O3S. The van der Waals surface area contributed by atoms with Crippen LogP contribution in [0.4, 0.5) is 0 Å². The molecule has 1 aromatic heterocycles. The van der Waals surface area contributed by atoms with Crippen molar-refractivity contribution < 1.29 is 14.3 Å². The van der Waals surface area contributed by atoms with Crippen molar-refractivity contribution in [2.24, 2.45) is 5.92 Å². The van der Waals surface area contributed by atoms with E-state index in [1.165, 1.54) is 20.9 Å². The lowest BCUT2D eigenvalue weighted by molar-refractivity contribution is -0.141. The molecule has 29 heavy (non-hydrogen) atoms. The molecule has 0 unspecified atom stereocenters. The molecule has 2 aromatic rings. The molecule has 4 rings (SSSR count). The number of carbonyl (C=O) groups is 2. The smallest absolute Gasteiger partial charge is 0.241 e. The van der Waals surface area contributed by atoms with Crippen LogP contribution < -0.4 is 5.32 Å². The number of fused-ring (bicyclic) bond motifs is 2. The molecular weight excluding hydrogens is 384 g/mol. The highest BCUT2D eigenvalue weighted by atomic mass is 32.1. The maximum atomic E-state index is 12.5. The Balaban J connectivity index is 1.45. The number of benzene rings is 1. The fourth-order valence-electron chi connectivity index (χ4n) is 4.13. The maximum Gasteiger partial charge on any atom is 0.241 e. The zero-order valence-corrected chi connectivity index (χ0v) is 17.9. The zero-order valence-electron chi connectivity index (χ0n) is 17.1. The van der Waals surface area contributed by atoms with Crippen molar-refractivity contribution in [1.82, 2.24) is 10.2 Å². The number of likely N-dealkylation sites (tertiary alicyclic amines) is 1. The van der Waals surface area contributed by atoms with Crippen LogP contribution in [0.15, 0.2) is 36.4 Å². The van der Waals surface area contributed by atoms with Crippen molar-refractivity contribution in [3.63, 3.8) is 0 Å². The molecule has 2 amide bonds. The van der Waals surface area contributed by atoms with E-state index in [0.29, 0.717) is 13.1 Å². The van der Waals surface area contributed by atoms with Crippen molar-refractivity contribution >= 4 is 23.2 Å². The molecule has 1 saturated heterocycles. The number of nitrogens with one attached hydrogen (secondary N) is 1. The topological polar surface area (TPSA) is 58.6 Å². The summed E-state index contributed by atoms with van der Waals surface area (Å²) in [6.07, 6.45) is 2.56. The van der Waals surface area contributed by atoms with Gasteiger partial charge < -0.3 is 15.0 Å². The molecule has 2 aliphatic rings. The highest BCUT2D eigenvalue weighted by Gasteiger charge is 2.43. The Morgan fingerprint density at radius 1 is 1.21 bits per heavy atom. The van der Waals surface area contributed by atoms with E-state index in [0.717, 1.165) is 25.9 Å². The molecule has 0 saturated carbocycles. The van der Waals surface area contributed by atoms with Crippen molar-refractivity contribution in [2.45, 2.75) is 38.7 Å². The first kappa shape index (κ1) is 20.1. The van der Waals surface area contributed by atoms with E-state index in [4.69, 9.17) is 4.74 Å². The van der Waals surface area contributed by atoms with E-state index in [1.54, 1.807) is 0 Å². The lowest BCUT2D eigenvalue weighted by atomic mass is 9.85. The van der Waals surface area contributed by atoms with Crippen LogP contribution in [0.3, 0.4) is 0 Å². The average molecular weight is 413 g/mol. The fourth-order valence-corrected chi connectivity index (χ4v) is 5.55. The van der Waals surface area contributed by atoms with Crippen LogP contribution in [0.5, 0.6) is 0 Å². The van der Waals surface area contributed by atoms with E-state index in [9.17, 15) is 9.59 Å². The number of amides is 2. The van der Waals surface area contributed by atoms with Crippen LogP contribution in [-0.2, 0) is 26.3 Å². The monoisotopic (exact) mass is 412 g/mol. The second-order valence-corrected chi connectivity index (χ2v) is 9.23. The van der Waals surface area contributed by atoms with E-state index in [1.807, 2.05) is 36.2 Å². The molecule has 1 N–H and O–H groups in total. The van der Waals surface area contributed by atoms with Gasteiger partial charge in [0.1, 0.15) is 5.60 Å². The molecule has 3 heterocycles. The summed E-state index contributed by atoms with van der Waals surface area (Å²) >= 11 is 1.84. The largest absolute Gasteiger partial charge is 0.369 e. The predicted molar refractivity (Wildman–Crippen MR) is 115 cm³/mol. The highest BCUT2D eigenvalue weighted by Crippen LogP contribution is 2.47. The predicted octanol–water partition coefficient (Wildman–Crippen LogP) is 3.58. The third-order valence-electron chi connectivity index (χ3n) is 5.89. The molecule has 0 atom stereocenters. The van der Waals surface area contributed by atoms with Crippen molar-refractivity contribution in [3.05, 3.63) is 46.8 Å². The highest BCUT2D eigenvalue weighted by molar-refractivity contribution is 7.15. The van der Waals surface area contributed by atoms with E-state index in [-0.39, 0.29) is 29.9 Å². The normalized spacial score (nSPS) is 18.0. The van der Waals surface area contributed by atoms with Gasteiger partial charge in [-0.1, -0.05) is 44.2 Å². The Morgan fingerprint density at radius 3 is 2.62 bits per heavy atom. The summed E-state index contributed by atoms with van der Waals surface area (Å²) in [7, 11) is 0. The van der Waals surface area contributed by atoms with Crippen molar-refractivity contribution in [2.75, 3.05) is 26.2 Å². The Labute approximate surface area is 176 Å². The van der Waals surface area contributed by atoms with Gasteiger partial charge in [-0.15, -0.1) is 11.3 Å². The van der Waals surface area contributed by atoms with E-state index < -0.39 is 0 Å². The summed E-state index contributed by atoms with van der Waals surface area (Å²) in [6.45, 7) is 5.78. The molecule has 0 radical (unpaired) electrons. The molecule has 154 valence electrons. The molecule has 1 aromatic carbocycles. The van der Waals surface area contributed by atoms with Gasteiger partial charge >= 0.3 is 0 Å². The third-order valence-corrected chi connectivity index (χ3v) is 7.30. The number of hydrogen-bond donors (Lipinski definition) is 1. The number of nitrogens with zero attached hydrogens (tertiary/aromatic N) is 1. The minimum Gasteiger partial charge on any atom is -0.369 e. The summed E-state index contributed by atoms with van der Waals surface area (Å²) in [6, 6.07) is 12.8. The number of carbonyl (C=O) groups excluding carboxylic acids is 2. The second kappa shape index (κ2) is 8.28. The number of hydrogen-bond acceptors (Lipinski definition) is 4. The van der Waals surface area contributed by atoms with Gasteiger partial charge in [-0.05, 0) is 36.5 Å². The fraction of sp³-hybridized carbons (Fsp3) is 0.478. The maximum absolute atomic E-state index is 12.5. The van der Waals surface area contributed by atoms with Gasteiger partial charge in [0, 0.05) is 28.8 Å². The summed E-state index contributed by atoms with van der Waals surface area (Å²) in [5, 5.41) is 2.73. The molecule has 1 spiro atoms. The molecule has 0 aliphatic carbocycles. The van der Waals surface area contributed by atoms with Crippen LogP contribution in [0.2, 0.25) is 0 Å². The molecule has 6 heteroatoms. The summed E-state index contributed by atoms with van der Waals surface area (Å²) < 4.78 is 6.34. The number of rotatable bonds is 4. The van der Waals surface area contributed by atoms with Gasteiger partial charge in [0.05, 0.1) is 13.2 Å². The molecule has 0 bridgehead atoms. The van der Waals surface area contributed by atoms with Gasteiger partial charge in [-0.25, -0.2) is 0 Å². The van der Waals surface area contributed by atoms with Gasteiger partial charge in [-0.3, -0.25) is 9.59 Å². The van der Waals surface area contributed by atoms with Gasteiger partial charge in [-0.2, -0.15) is 0 Å². The van der Waals surface area contributed by atoms with Crippen LogP contribution in [-0.4, -0.2) is 43.0 Å². The number of ether oxygens (including phenoxy) is 1. The molecule has 5 nitrogen and oxygen atoms in total. The quantitative estimate of drug-likeness (QED) is 0.835. The molecule has 2 aliphatic heterocycles. The van der Waals surface area contributed by atoms with Crippen molar-refractivity contribution in [1.29, 1.82) is 0 Å². The van der Waals surface area contributed by atoms with E-state index in [2.05, 4.69) is 35.6 Å². The first-order valence-corrected chi connectivity index (χ1v) is 11.2. The Morgan fingerprint density at radius 2 is 1.93 bits per heavy atom. The van der Waals surface area contributed by atoms with Crippen LogP contribution in [0.25, 0.3) is 10.4 Å². The number of piperidine rings is 1. The Bertz CT molecular complexity index is 883. The molecule has 1 fully saturated rings. The second-order valence-electron chi connectivity index (χ2n) is 8.18. The Hall–Kier alpha value is -2.18. The van der Waals surface area contributed by atoms with Gasteiger partial charge in [0.2, 0.25) is 11.8 Å². The first-order valence-electron chi connectivity index (χ1n) is 10.4. The van der Waals surface area contributed by atoms with Gasteiger partial charge in [0.25, 0.3) is 0 Å². The van der Waals surface area contributed by atoms with Crippen LogP contribution in [0.1, 0.15) is 37.1 Å². The number of thiophene rings is 1. The summed E-state index contributed by atoms with van der Waals surface area (Å²) in [5.74, 6) is -0.209.